The number of nitrogens with two attached hydrogens (primary N) is 1. The van der Waals surface area contributed by atoms with Crippen molar-refractivity contribution in [1.29, 1.82) is 5.26 Å². The molecule has 6 heteroatoms. The van der Waals surface area contributed by atoms with Gasteiger partial charge in [-0.15, -0.1) is 0 Å². The first-order chi connectivity index (χ1) is 15.0. The van der Waals surface area contributed by atoms with E-state index in [1.807, 2.05) is 29.2 Å². The van der Waals surface area contributed by atoms with Crippen molar-refractivity contribution >= 4 is 11.5 Å². The number of Topliss-reactive ketones (excluding diaryl/α,β-unsaturated/α-hetero) is 1. The molecular formula is C25H25N3O3. The SMILES string of the molecule is CCc1ccc(N2C(N)=C(C#N)C(c3ccc(O)c(OC)c3)C3=C2CCCC3=O)cc1. The highest BCUT2D eigenvalue weighted by Gasteiger charge is 2.40. The third-order valence-corrected chi connectivity index (χ3v) is 6.05. The number of carbonyl (C=O) groups excluding carboxylic acids is 1. The van der Waals surface area contributed by atoms with Crippen LogP contribution in [-0.4, -0.2) is 18.0 Å². The lowest BCUT2D eigenvalue weighted by atomic mass is 9.75. The maximum atomic E-state index is 13.1. The van der Waals surface area contributed by atoms with Crippen LogP contribution in [0.5, 0.6) is 11.5 Å². The minimum atomic E-state index is -0.589. The topological polar surface area (TPSA) is 99.6 Å². The Morgan fingerprint density at radius 3 is 2.61 bits per heavy atom. The first-order valence-electron chi connectivity index (χ1n) is 10.4. The molecule has 0 saturated heterocycles. The summed E-state index contributed by atoms with van der Waals surface area (Å²) in [5.74, 6) is 0.0510. The van der Waals surface area contributed by atoms with E-state index in [1.54, 1.807) is 12.1 Å². The maximum absolute atomic E-state index is 13.1. The number of benzene rings is 2. The summed E-state index contributed by atoms with van der Waals surface area (Å²) in [7, 11) is 1.47. The molecule has 31 heavy (non-hydrogen) atoms. The summed E-state index contributed by atoms with van der Waals surface area (Å²) in [6, 6.07) is 15.2. The molecule has 1 unspecified atom stereocenters. The van der Waals surface area contributed by atoms with Gasteiger partial charge in [0.25, 0.3) is 0 Å². The second-order valence-electron chi connectivity index (χ2n) is 7.77. The van der Waals surface area contributed by atoms with Gasteiger partial charge in [0.05, 0.1) is 24.7 Å². The second-order valence-corrected chi connectivity index (χ2v) is 7.77. The lowest BCUT2D eigenvalue weighted by molar-refractivity contribution is -0.116. The van der Waals surface area contributed by atoms with Gasteiger partial charge >= 0.3 is 0 Å². The van der Waals surface area contributed by atoms with Crippen LogP contribution in [0.25, 0.3) is 0 Å². The van der Waals surface area contributed by atoms with Crippen molar-refractivity contribution in [2.45, 2.75) is 38.5 Å². The molecule has 0 saturated carbocycles. The molecule has 0 amide bonds. The fourth-order valence-corrected chi connectivity index (χ4v) is 4.47. The Morgan fingerprint density at radius 1 is 1.23 bits per heavy atom. The molecule has 1 atom stereocenters. The van der Waals surface area contributed by atoms with Crippen molar-refractivity contribution < 1.29 is 14.6 Å². The Kier molecular flexibility index (Phi) is 5.43. The molecule has 0 fully saturated rings. The van der Waals surface area contributed by atoms with Crippen molar-refractivity contribution in [3.8, 4) is 17.6 Å². The minimum absolute atomic E-state index is 0.000618. The number of aromatic hydroxyl groups is 1. The highest BCUT2D eigenvalue weighted by atomic mass is 16.5. The summed E-state index contributed by atoms with van der Waals surface area (Å²) in [6.45, 7) is 2.09. The van der Waals surface area contributed by atoms with Crippen molar-refractivity contribution in [2.24, 2.45) is 5.73 Å². The molecule has 3 N–H and O–H groups in total. The average molecular weight is 415 g/mol. The summed E-state index contributed by atoms with van der Waals surface area (Å²) in [6.07, 6.45) is 2.79. The Morgan fingerprint density at radius 2 is 1.97 bits per heavy atom. The van der Waals surface area contributed by atoms with Crippen LogP contribution in [0.15, 0.2) is 65.1 Å². The summed E-state index contributed by atoms with van der Waals surface area (Å²) < 4.78 is 5.26. The van der Waals surface area contributed by atoms with Gasteiger partial charge in [0, 0.05) is 23.4 Å². The minimum Gasteiger partial charge on any atom is -0.504 e. The Labute approximate surface area is 181 Å². The van der Waals surface area contributed by atoms with Crippen LogP contribution in [0.2, 0.25) is 0 Å². The van der Waals surface area contributed by atoms with E-state index in [4.69, 9.17) is 10.5 Å². The molecule has 6 nitrogen and oxygen atoms in total. The van der Waals surface area contributed by atoms with E-state index in [0.29, 0.717) is 35.4 Å². The molecule has 2 aromatic carbocycles. The van der Waals surface area contributed by atoms with Gasteiger partial charge in [-0.25, -0.2) is 0 Å². The van der Waals surface area contributed by atoms with Gasteiger partial charge in [-0.05, 0) is 54.7 Å². The highest BCUT2D eigenvalue weighted by Crippen LogP contribution is 2.47. The number of phenolic OH excluding ortho intramolecular Hbond substituents is 1. The number of hydrogen-bond donors (Lipinski definition) is 2. The normalized spacial score (nSPS) is 18.7. The van der Waals surface area contributed by atoms with Gasteiger partial charge in [-0.3, -0.25) is 9.69 Å². The number of nitrogens with zero attached hydrogens (tertiary/aromatic N) is 2. The van der Waals surface area contributed by atoms with Gasteiger partial charge in [-0.2, -0.15) is 5.26 Å². The Hall–Kier alpha value is -3.72. The van der Waals surface area contributed by atoms with Crippen LogP contribution in [0.1, 0.15) is 43.2 Å². The van der Waals surface area contributed by atoms with Crippen molar-refractivity contribution in [3.63, 3.8) is 0 Å². The van der Waals surface area contributed by atoms with Gasteiger partial charge in [-0.1, -0.05) is 25.1 Å². The Balaban J connectivity index is 1.93. The van der Waals surface area contributed by atoms with Crippen LogP contribution in [0.3, 0.4) is 0 Å². The molecule has 0 spiro atoms. The van der Waals surface area contributed by atoms with Crippen LogP contribution in [-0.2, 0) is 11.2 Å². The molecule has 1 aliphatic heterocycles. The first-order valence-corrected chi connectivity index (χ1v) is 10.4. The summed E-state index contributed by atoms with van der Waals surface area (Å²) in [5, 5.41) is 20.1. The number of rotatable bonds is 4. The number of carbonyl (C=O) groups is 1. The molecule has 2 aliphatic rings. The highest BCUT2D eigenvalue weighted by molar-refractivity contribution is 6.01. The monoisotopic (exact) mass is 415 g/mol. The molecule has 158 valence electrons. The number of nitriles is 1. The molecule has 1 aliphatic carbocycles. The number of anilines is 1. The van der Waals surface area contributed by atoms with E-state index >= 15 is 0 Å². The lowest BCUT2D eigenvalue weighted by Crippen LogP contribution is -2.38. The fraction of sp³-hybridized carbons (Fsp3) is 0.280. The van der Waals surface area contributed by atoms with Crippen LogP contribution in [0.4, 0.5) is 5.69 Å². The predicted octanol–water partition coefficient (Wildman–Crippen LogP) is 4.27. The number of aryl methyl sites for hydroxylation is 1. The van der Waals surface area contributed by atoms with E-state index in [0.717, 1.165) is 24.2 Å². The quantitative estimate of drug-likeness (QED) is 0.774. The van der Waals surface area contributed by atoms with E-state index in [1.165, 1.54) is 18.7 Å². The van der Waals surface area contributed by atoms with E-state index in [2.05, 4.69) is 13.0 Å². The van der Waals surface area contributed by atoms with Gasteiger partial charge in [0.15, 0.2) is 17.3 Å². The number of methoxy groups -OCH3 is 1. The van der Waals surface area contributed by atoms with Crippen molar-refractivity contribution in [3.05, 3.63) is 76.3 Å². The molecule has 0 aromatic heterocycles. The van der Waals surface area contributed by atoms with Crippen molar-refractivity contribution in [2.75, 3.05) is 12.0 Å². The first kappa shape index (κ1) is 20.5. The third kappa shape index (κ3) is 3.42. The molecular weight excluding hydrogens is 390 g/mol. The maximum Gasteiger partial charge on any atom is 0.161 e. The zero-order valence-electron chi connectivity index (χ0n) is 17.7. The van der Waals surface area contributed by atoms with Gasteiger partial charge in [0.1, 0.15) is 5.82 Å². The summed E-state index contributed by atoms with van der Waals surface area (Å²) in [4.78, 5) is 15.0. The zero-order chi connectivity index (χ0) is 22.1. The second kappa shape index (κ2) is 8.19. The predicted molar refractivity (Wildman–Crippen MR) is 118 cm³/mol. The number of allylic oxidation sites excluding steroid dienone is 3. The zero-order valence-corrected chi connectivity index (χ0v) is 17.7. The van der Waals surface area contributed by atoms with Crippen LogP contribution >= 0.6 is 0 Å². The van der Waals surface area contributed by atoms with E-state index in [-0.39, 0.29) is 17.3 Å². The lowest BCUT2D eigenvalue weighted by Gasteiger charge is -2.39. The van der Waals surface area contributed by atoms with E-state index in [9.17, 15) is 15.2 Å². The number of ether oxygens (including phenoxy) is 1. The molecule has 4 rings (SSSR count). The summed E-state index contributed by atoms with van der Waals surface area (Å²) >= 11 is 0. The number of hydrogen-bond acceptors (Lipinski definition) is 6. The van der Waals surface area contributed by atoms with E-state index < -0.39 is 5.92 Å². The molecule has 1 heterocycles. The van der Waals surface area contributed by atoms with Gasteiger partial charge < -0.3 is 15.6 Å². The van der Waals surface area contributed by atoms with Crippen molar-refractivity contribution in [1.82, 2.24) is 0 Å². The number of phenols is 1. The fourth-order valence-electron chi connectivity index (χ4n) is 4.47. The average Bonchev–Trinajstić information content (AvgIpc) is 2.79. The third-order valence-electron chi connectivity index (χ3n) is 6.05. The largest absolute Gasteiger partial charge is 0.504 e. The molecule has 0 radical (unpaired) electrons. The molecule has 2 aromatic rings. The standard InChI is InChI=1S/C25H25N3O3/c1-3-15-7-10-17(11-8-15)28-19-5-4-6-21(30)24(19)23(18(14-26)25(28)27)16-9-12-20(29)22(13-16)31-2/h7-13,23,29H,3-6,27H2,1-2H3. The smallest absolute Gasteiger partial charge is 0.161 e. The van der Waals surface area contributed by atoms with Gasteiger partial charge in [0.2, 0.25) is 0 Å². The summed E-state index contributed by atoms with van der Waals surface area (Å²) in [5.41, 5.74) is 11.1. The Bertz CT molecular complexity index is 1140. The molecule has 0 bridgehead atoms. The number of ketones is 1. The van der Waals surface area contributed by atoms with Crippen LogP contribution < -0.4 is 15.4 Å². The van der Waals surface area contributed by atoms with Crippen LogP contribution in [0, 0.1) is 11.3 Å².